The number of nitrogens with zero attached hydrogens (tertiary/aromatic N) is 1. The monoisotopic (exact) mass is 522 g/mol. The zero-order valence-corrected chi connectivity index (χ0v) is 22.2. The van der Waals surface area contributed by atoms with Gasteiger partial charge in [-0.25, -0.2) is 12.8 Å². The molecule has 8 heteroatoms. The number of carbonyl (C=O) groups is 1. The fourth-order valence-electron chi connectivity index (χ4n) is 4.30. The van der Waals surface area contributed by atoms with Crippen molar-refractivity contribution in [3.05, 3.63) is 89.9 Å². The predicted molar refractivity (Wildman–Crippen MR) is 144 cm³/mol. The molecule has 0 fully saturated rings. The second-order valence-electron chi connectivity index (χ2n) is 9.73. The van der Waals surface area contributed by atoms with Crippen LogP contribution in [0.5, 0.6) is 5.75 Å². The summed E-state index contributed by atoms with van der Waals surface area (Å²) in [5.74, 6) is 0.239. The molecule has 0 radical (unpaired) electrons. The molecule has 0 aliphatic carbocycles. The Hall–Kier alpha value is -3.65. The highest BCUT2D eigenvalue weighted by Crippen LogP contribution is 2.26. The van der Waals surface area contributed by atoms with Crippen LogP contribution < -0.4 is 10.1 Å². The number of aryl methyl sites for hydroxylation is 1. The van der Waals surface area contributed by atoms with E-state index < -0.39 is 15.4 Å². The molecule has 4 rings (SSSR count). The molecular formula is C29H31FN2O4S. The third-order valence-electron chi connectivity index (χ3n) is 6.17. The number of anilines is 1. The highest BCUT2D eigenvalue weighted by Gasteiger charge is 2.23. The quantitative estimate of drug-likeness (QED) is 0.296. The van der Waals surface area contributed by atoms with Crippen LogP contribution >= 0.6 is 0 Å². The molecule has 0 aliphatic heterocycles. The van der Waals surface area contributed by atoms with Crippen LogP contribution in [-0.2, 0) is 27.6 Å². The lowest BCUT2D eigenvalue weighted by Gasteiger charge is -2.28. The minimum absolute atomic E-state index is 0.0356. The average molecular weight is 523 g/mol. The van der Waals surface area contributed by atoms with Gasteiger partial charge in [0.25, 0.3) is 0 Å². The van der Waals surface area contributed by atoms with Crippen LogP contribution in [0.4, 0.5) is 10.1 Å². The third-order valence-corrected chi connectivity index (χ3v) is 7.92. The summed E-state index contributed by atoms with van der Waals surface area (Å²) in [6, 6.07) is 20.3. The minimum Gasteiger partial charge on any atom is -0.486 e. The van der Waals surface area contributed by atoms with Gasteiger partial charge in [0.15, 0.2) is 9.84 Å². The van der Waals surface area contributed by atoms with Crippen LogP contribution in [0.3, 0.4) is 0 Å². The molecule has 0 spiro atoms. The molecule has 37 heavy (non-hydrogen) atoms. The molecule has 0 saturated heterocycles. The number of rotatable bonds is 9. The average Bonchev–Trinajstić information content (AvgIpc) is 3.13. The first-order valence-corrected chi connectivity index (χ1v) is 13.8. The molecule has 3 aromatic carbocycles. The van der Waals surface area contributed by atoms with E-state index in [1.807, 2.05) is 26.8 Å². The van der Waals surface area contributed by atoms with Gasteiger partial charge in [-0.1, -0.05) is 19.1 Å². The number of hydrogen-bond acceptors (Lipinski definition) is 4. The smallest absolute Gasteiger partial charge is 0.228 e. The third kappa shape index (κ3) is 6.38. The number of benzene rings is 3. The highest BCUT2D eigenvalue weighted by atomic mass is 32.2. The molecule has 1 heterocycles. The van der Waals surface area contributed by atoms with Gasteiger partial charge >= 0.3 is 0 Å². The first kappa shape index (κ1) is 26.4. The van der Waals surface area contributed by atoms with Crippen LogP contribution in [0, 0.1) is 12.7 Å². The van der Waals surface area contributed by atoms with Gasteiger partial charge in [-0.15, -0.1) is 0 Å². The predicted octanol–water partition coefficient (Wildman–Crippen LogP) is 5.92. The molecule has 0 atom stereocenters. The van der Waals surface area contributed by atoms with E-state index in [1.54, 1.807) is 49.4 Å². The fourth-order valence-corrected chi connectivity index (χ4v) is 5.18. The van der Waals surface area contributed by atoms with Gasteiger partial charge in [0.2, 0.25) is 5.91 Å². The van der Waals surface area contributed by atoms with Crippen molar-refractivity contribution in [2.75, 3.05) is 11.1 Å². The lowest BCUT2D eigenvalue weighted by Crippen LogP contribution is -2.34. The SMILES string of the molecule is CCS(=O)(=O)c1ccc(CC(=O)Nc2ccc(OC(C)(C)Cn3c(C)cc4cc(F)ccc43)cc2)cc1. The normalized spacial score (nSPS) is 12.0. The maximum atomic E-state index is 13.6. The van der Waals surface area contributed by atoms with E-state index in [2.05, 4.69) is 9.88 Å². The van der Waals surface area contributed by atoms with E-state index >= 15 is 0 Å². The molecule has 4 aromatic rings. The standard InChI is InChI=1S/C29H31FN2O4S/c1-5-37(34,35)26-13-6-21(7-14-26)17-28(33)31-24-9-11-25(12-10-24)36-29(3,4)19-32-20(2)16-22-18-23(30)8-15-27(22)32/h6-16,18H,5,17,19H2,1-4H3,(H,31,33). The van der Waals surface area contributed by atoms with Crippen molar-refractivity contribution in [3.63, 3.8) is 0 Å². The molecule has 194 valence electrons. The first-order valence-electron chi connectivity index (χ1n) is 12.1. The van der Waals surface area contributed by atoms with Crippen molar-refractivity contribution in [1.29, 1.82) is 0 Å². The van der Waals surface area contributed by atoms with Crippen molar-refractivity contribution < 1.29 is 22.3 Å². The Kier molecular flexibility index (Phi) is 7.41. The van der Waals surface area contributed by atoms with Gasteiger partial charge in [0.1, 0.15) is 17.2 Å². The fraction of sp³-hybridized carbons (Fsp3) is 0.276. The van der Waals surface area contributed by atoms with Crippen LogP contribution in [0.25, 0.3) is 10.9 Å². The number of carbonyl (C=O) groups excluding carboxylic acids is 1. The number of amides is 1. The molecule has 0 bridgehead atoms. The Balaban J connectivity index is 1.36. The Morgan fingerprint density at radius 2 is 1.68 bits per heavy atom. The zero-order chi connectivity index (χ0) is 26.8. The van der Waals surface area contributed by atoms with Gasteiger partial charge < -0.3 is 14.6 Å². The Bertz CT molecular complexity index is 1520. The van der Waals surface area contributed by atoms with E-state index in [1.165, 1.54) is 24.3 Å². The van der Waals surface area contributed by atoms with Crippen molar-refractivity contribution in [2.45, 2.75) is 51.2 Å². The zero-order valence-electron chi connectivity index (χ0n) is 21.4. The number of aromatic nitrogens is 1. The second-order valence-corrected chi connectivity index (χ2v) is 12.0. The minimum atomic E-state index is -3.27. The maximum absolute atomic E-state index is 13.6. The van der Waals surface area contributed by atoms with Gasteiger partial charge in [0, 0.05) is 22.3 Å². The number of halogens is 1. The summed E-state index contributed by atoms with van der Waals surface area (Å²) in [6.45, 7) is 8.16. The number of ether oxygens (including phenoxy) is 1. The maximum Gasteiger partial charge on any atom is 0.228 e. The van der Waals surface area contributed by atoms with Crippen LogP contribution in [0.15, 0.2) is 77.7 Å². The Morgan fingerprint density at radius 3 is 2.32 bits per heavy atom. The van der Waals surface area contributed by atoms with Crippen molar-refractivity contribution in [3.8, 4) is 5.75 Å². The molecule has 0 aliphatic rings. The summed E-state index contributed by atoms with van der Waals surface area (Å²) in [6.07, 6.45) is 0.131. The van der Waals surface area contributed by atoms with Gasteiger partial charge in [-0.3, -0.25) is 4.79 Å². The summed E-state index contributed by atoms with van der Waals surface area (Å²) < 4.78 is 45.9. The summed E-state index contributed by atoms with van der Waals surface area (Å²) in [7, 11) is -3.27. The van der Waals surface area contributed by atoms with Crippen LogP contribution in [-0.4, -0.2) is 30.2 Å². The van der Waals surface area contributed by atoms with Crippen LogP contribution in [0.2, 0.25) is 0 Å². The van der Waals surface area contributed by atoms with E-state index in [0.717, 1.165) is 22.2 Å². The van der Waals surface area contributed by atoms with Gasteiger partial charge in [0.05, 0.1) is 23.6 Å². The van der Waals surface area contributed by atoms with E-state index in [9.17, 15) is 17.6 Å². The molecule has 1 N–H and O–H groups in total. The lowest BCUT2D eigenvalue weighted by molar-refractivity contribution is -0.115. The summed E-state index contributed by atoms with van der Waals surface area (Å²) >= 11 is 0. The van der Waals surface area contributed by atoms with Crippen molar-refractivity contribution in [1.82, 2.24) is 4.57 Å². The molecule has 1 aromatic heterocycles. The van der Waals surface area contributed by atoms with E-state index in [4.69, 9.17) is 4.74 Å². The highest BCUT2D eigenvalue weighted by molar-refractivity contribution is 7.91. The Labute approximate surface area is 217 Å². The molecule has 6 nitrogen and oxygen atoms in total. The van der Waals surface area contributed by atoms with Gasteiger partial charge in [-0.2, -0.15) is 0 Å². The number of hydrogen-bond donors (Lipinski definition) is 1. The molecular weight excluding hydrogens is 491 g/mol. The summed E-state index contributed by atoms with van der Waals surface area (Å²) in [5.41, 5.74) is 2.79. The summed E-state index contributed by atoms with van der Waals surface area (Å²) in [4.78, 5) is 12.7. The first-order chi connectivity index (χ1) is 17.5. The number of sulfone groups is 1. The summed E-state index contributed by atoms with van der Waals surface area (Å²) in [5, 5.41) is 3.71. The van der Waals surface area contributed by atoms with Crippen molar-refractivity contribution in [2.24, 2.45) is 0 Å². The van der Waals surface area contributed by atoms with Gasteiger partial charge in [-0.05, 0) is 87.0 Å². The second kappa shape index (κ2) is 10.4. The van der Waals surface area contributed by atoms with Crippen molar-refractivity contribution >= 4 is 32.3 Å². The van der Waals surface area contributed by atoms with E-state index in [0.29, 0.717) is 18.0 Å². The number of fused-ring (bicyclic) bond motifs is 1. The van der Waals surface area contributed by atoms with Crippen LogP contribution in [0.1, 0.15) is 32.0 Å². The lowest BCUT2D eigenvalue weighted by atomic mass is 10.1. The topological polar surface area (TPSA) is 77.4 Å². The molecule has 0 saturated carbocycles. The molecule has 0 unspecified atom stereocenters. The Morgan fingerprint density at radius 1 is 1.00 bits per heavy atom. The number of nitrogens with one attached hydrogen (secondary N) is 1. The van der Waals surface area contributed by atoms with E-state index in [-0.39, 0.29) is 28.8 Å². The largest absolute Gasteiger partial charge is 0.486 e. The molecule has 1 amide bonds.